The third-order valence-electron chi connectivity index (χ3n) is 3.02. The summed E-state index contributed by atoms with van der Waals surface area (Å²) in [5.74, 6) is 0.468. The molecule has 1 saturated carbocycles. The fraction of sp³-hybridized carbons (Fsp3) is 0.200. The molecule has 1 aromatic heterocycles. The number of amides is 1. The molecule has 0 saturated heterocycles. The first kappa shape index (κ1) is 13.5. The Balaban J connectivity index is 1.61. The van der Waals surface area contributed by atoms with Gasteiger partial charge in [0.15, 0.2) is 5.13 Å². The van der Waals surface area contributed by atoms with Crippen LogP contribution in [0.4, 0.5) is 5.13 Å². The van der Waals surface area contributed by atoms with Crippen LogP contribution in [0.25, 0.3) is 6.08 Å². The van der Waals surface area contributed by atoms with Crippen LogP contribution in [0.5, 0.6) is 0 Å². The fourth-order valence-corrected chi connectivity index (χ4v) is 3.05. The monoisotopic (exact) mass is 348 g/mol. The Morgan fingerprint density at radius 1 is 1.45 bits per heavy atom. The van der Waals surface area contributed by atoms with Crippen LogP contribution in [0.1, 0.15) is 30.0 Å². The molecule has 2 aromatic rings. The first-order valence-corrected chi connectivity index (χ1v) is 8.08. The lowest BCUT2D eigenvalue weighted by Gasteiger charge is -1.97. The lowest BCUT2D eigenvalue weighted by atomic mass is 10.2. The molecule has 0 aliphatic heterocycles. The number of carbonyl (C=O) groups is 1. The van der Waals surface area contributed by atoms with Gasteiger partial charge in [0.25, 0.3) is 0 Å². The van der Waals surface area contributed by atoms with E-state index in [0.29, 0.717) is 11.0 Å². The molecular weight excluding hydrogens is 336 g/mol. The Morgan fingerprint density at radius 3 is 3.05 bits per heavy atom. The van der Waals surface area contributed by atoms with Gasteiger partial charge in [0.05, 0.1) is 5.69 Å². The molecule has 1 fully saturated rings. The highest BCUT2D eigenvalue weighted by Crippen LogP contribution is 2.40. The second-order valence-electron chi connectivity index (χ2n) is 4.73. The van der Waals surface area contributed by atoms with Gasteiger partial charge in [-0.3, -0.25) is 10.1 Å². The summed E-state index contributed by atoms with van der Waals surface area (Å²) in [5, 5.41) is 5.51. The molecule has 0 unspecified atom stereocenters. The molecule has 1 aromatic carbocycles. The molecule has 1 N–H and O–H groups in total. The zero-order chi connectivity index (χ0) is 13.9. The van der Waals surface area contributed by atoms with Crippen molar-refractivity contribution in [1.82, 2.24) is 4.98 Å². The van der Waals surface area contributed by atoms with Crippen molar-refractivity contribution < 1.29 is 4.79 Å². The minimum Gasteiger partial charge on any atom is -0.298 e. The summed E-state index contributed by atoms with van der Waals surface area (Å²) in [7, 11) is 0. The van der Waals surface area contributed by atoms with E-state index in [4.69, 9.17) is 0 Å². The normalized spacial score (nSPS) is 14.7. The number of aromatic nitrogens is 1. The summed E-state index contributed by atoms with van der Waals surface area (Å²) in [4.78, 5) is 16.2. The number of rotatable bonds is 4. The minimum absolute atomic E-state index is 0.151. The molecule has 0 radical (unpaired) electrons. The molecule has 0 atom stereocenters. The standard InChI is InChI=1S/C15H13BrN2OS/c16-12-3-1-2-10(8-12)4-7-14(19)18-15-17-13(9-20-15)11-5-6-11/h1-4,7-9,11H,5-6H2,(H,17,18,19)/b7-4+. The number of nitrogens with zero attached hydrogens (tertiary/aromatic N) is 1. The van der Waals surface area contributed by atoms with Gasteiger partial charge in [0, 0.05) is 21.8 Å². The summed E-state index contributed by atoms with van der Waals surface area (Å²) in [6.45, 7) is 0. The summed E-state index contributed by atoms with van der Waals surface area (Å²) in [6, 6.07) is 7.79. The Kier molecular flexibility index (Phi) is 3.98. The van der Waals surface area contributed by atoms with Gasteiger partial charge in [-0.15, -0.1) is 11.3 Å². The highest BCUT2D eigenvalue weighted by molar-refractivity contribution is 9.10. The van der Waals surface area contributed by atoms with Gasteiger partial charge in [-0.2, -0.15) is 0 Å². The second kappa shape index (κ2) is 5.89. The maximum absolute atomic E-state index is 11.8. The van der Waals surface area contributed by atoms with Gasteiger partial charge in [-0.05, 0) is 36.6 Å². The van der Waals surface area contributed by atoms with Crippen LogP contribution in [0.15, 0.2) is 40.2 Å². The topological polar surface area (TPSA) is 42.0 Å². The molecule has 1 aliphatic rings. The van der Waals surface area contributed by atoms with Crippen LogP contribution in [-0.2, 0) is 4.79 Å². The number of carbonyl (C=O) groups excluding carboxylic acids is 1. The van der Waals surface area contributed by atoms with Gasteiger partial charge in [-0.25, -0.2) is 4.98 Å². The number of anilines is 1. The van der Waals surface area contributed by atoms with Crippen LogP contribution < -0.4 is 5.32 Å². The molecule has 1 amide bonds. The largest absolute Gasteiger partial charge is 0.298 e. The molecular formula is C15H13BrN2OS. The lowest BCUT2D eigenvalue weighted by Crippen LogP contribution is -2.07. The molecule has 0 spiro atoms. The number of nitrogens with one attached hydrogen (secondary N) is 1. The van der Waals surface area contributed by atoms with Crippen molar-refractivity contribution in [3.8, 4) is 0 Å². The van der Waals surface area contributed by atoms with Crippen LogP contribution in [0, 0.1) is 0 Å². The quantitative estimate of drug-likeness (QED) is 0.830. The summed E-state index contributed by atoms with van der Waals surface area (Å²) in [5.41, 5.74) is 2.09. The van der Waals surface area contributed by atoms with E-state index in [0.717, 1.165) is 15.7 Å². The van der Waals surface area contributed by atoms with Crippen molar-refractivity contribution in [1.29, 1.82) is 0 Å². The maximum atomic E-state index is 11.8. The Hall–Kier alpha value is -1.46. The van der Waals surface area contributed by atoms with E-state index in [1.165, 1.54) is 30.3 Å². The summed E-state index contributed by atoms with van der Waals surface area (Å²) < 4.78 is 0.994. The van der Waals surface area contributed by atoms with E-state index < -0.39 is 0 Å². The molecule has 3 nitrogen and oxygen atoms in total. The predicted molar refractivity (Wildman–Crippen MR) is 85.9 cm³/mol. The van der Waals surface area contributed by atoms with Crippen LogP contribution in [0.3, 0.4) is 0 Å². The SMILES string of the molecule is O=C(/C=C/c1cccc(Br)c1)Nc1nc(C2CC2)cs1. The van der Waals surface area contributed by atoms with Gasteiger partial charge >= 0.3 is 0 Å². The Morgan fingerprint density at radius 2 is 2.30 bits per heavy atom. The molecule has 102 valence electrons. The first-order valence-electron chi connectivity index (χ1n) is 6.41. The number of benzene rings is 1. The van der Waals surface area contributed by atoms with Crippen molar-refractivity contribution >= 4 is 44.4 Å². The average molecular weight is 349 g/mol. The zero-order valence-electron chi connectivity index (χ0n) is 10.7. The number of hydrogen-bond donors (Lipinski definition) is 1. The van der Waals surface area contributed by atoms with Crippen molar-refractivity contribution in [3.63, 3.8) is 0 Å². The lowest BCUT2D eigenvalue weighted by molar-refractivity contribution is -0.111. The van der Waals surface area contributed by atoms with Crippen molar-refractivity contribution in [2.75, 3.05) is 5.32 Å². The van der Waals surface area contributed by atoms with Gasteiger partial charge in [0.1, 0.15) is 0 Å². The summed E-state index contributed by atoms with van der Waals surface area (Å²) in [6.07, 6.45) is 5.76. The van der Waals surface area contributed by atoms with Crippen molar-refractivity contribution in [3.05, 3.63) is 51.5 Å². The maximum Gasteiger partial charge on any atom is 0.250 e. The Bertz CT molecular complexity index is 661. The fourth-order valence-electron chi connectivity index (χ4n) is 1.84. The van der Waals surface area contributed by atoms with E-state index >= 15 is 0 Å². The molecule has 0 bridgehead atoms. The van der Waals surface area contributed by atoms with E-state index in [1.807, 2.05) is 29.6 Å². The van der Waals surface area contributed by atoms with Crippen molar-refractivity contribution in [2.24, 2.45) is 0 Å². The van der Waals surface area contributed by atoms with Gasteiger partial charge in [0.2, 0.25) is 5.91 Å². The predicted octanol–water partition coefficient (Wildman–Crippen LogP) is 4.43. The van der Waals surface area contributed by atoms with Gasteiger partial charge < -0.3 is 0 Å². The highest BCUT2D eigenvalue weighted by Gasteiger charge is 2.26. The van der Waals surface area contributed by atoms with Crippen molar-refractivity contribution in [2.45, 2.75) is 18.8 Å². The highest BCUT2D eigenvalue weighted by atomic mass is 79.9. The van der Waals surface area contributed by atoms with E-state index in [2.05, 4.69) is 26.2 Å². The van der Waals surface area contributed by atoms with Crippen LogP contribution in [0.2, 0.25) is 0 Å². The average Bonchev–Trinajstić information content (AvgIpc) is 3.18. The number of thiazole rings is 1. The molecule has 5 heteroatoms. The van der Waals surface area contributed by atoms with Gasteiger partial charge in [-0.1, -0.05) is 28.1 Å². The molecule has 20 heavy (non-hydrogen) atoms. The minimum atomic E-state index is -0.151. The van der Waals surface area contributed by atoms with E-state index in [9.17, 15) is 4.79 Å². The Labute approximate surface area is 129 Å². The summed E-state index contributed by atoms with van der Waals surface area (Å²) >= 11 is 4.89. The molecule has 1 heterocycles. The van der Waals surface area contributed by atoms with E-state index in [1.54, 1.807) is 6.08 Å². The smallest absolute Gasteiger partial charge is 0.250 e. The zero-order valence-corrected chi connectivity index (χ0v) is 13.1. The third-order valence-corrected chi connectivity index (χ3v) is 4.29. The molecule has 3 rings (SSSR count). The number of halogens is 1. The number of hydrogen-bond acceptors (Lipinski definition) is 3. The van der Waals surface area contributed by atoms with Crippen LogP contribution >= 0.6 is 27.3 Å². The molecule has 1 aliphatic carbocycles. The van der Waals surface area contributed by atoms with E-state index in [-0.39, 0.29) is 5.91 Å². The third kappa shape index (κ3) is 3.55. The second-order valence-corrected chi connectivity index (χ2v) is 6.50. The first-order chi connectivity index (χ1) is 9.70. The van der Waals surface area contributed by atoms with Crippen LogP contribution in [-0.4, -0.2) is 10.9 Å².